The summed E-state index contributed by atoms with van der Waals surface area (Å²) in [5.41, 5.74) is 4.02. The molecule has 0 aromatic carbocycles. The molecule has 0 saturated carbocycles. The van der Waals surface area contributed by atoms with Crippen molar-refractivity contribution in [2.24, 2.45) is 23.7 Å². The molecule has 8 aliphatic rings. The predicted molar refractivity (Wildman–Crippen MR) is 142 cm³/mol. The van der Waals surface area contributed by atoms with E-state index < -0.39 is 30.0 Å². The topological polar surface area (TPSA) is 0 Å². The molecule has 0 N–H and O–H groups in total. The minimum absolute atomic E-state index is 0. The number of halogens is 3. The van der Waals surface area contributed by atoms with Crippen LogP contribution in [-0.4, -0.2) is 12.3 Å². The van der Waals surface area contributed by atoms with Crippen LogP contribution < -0.4 is 0 Å². The van der Waals surface area contributed by atoms with Crippen molar-refractivity contribution < 1.29 is 47.3 Å². The van der Waals surface area contributed by atoms with E-state index in [4.69, 9.17) is 0 Å². The van der Waals surface area contributed by atoms with Crippen LogP contribution in [-0.2, 0) is 34.1 Å². The van der Waals surface area contributed by atoms with E-state index >= 15 is 8.78 Å². The molecule has 2 bridgehead atoms. The van der Waals surface area contributed by atoms with E-state index in [-0.39, 0.29) is 51.5 Å². The van der Waals surface area contributed by atoms with E-state index in [1.807, 2.05) is 111 Å². The van der Waals surface area contributed by atoms with E-state index in [1.165, 1.54) is 6.92 Å². The van der Waals surface area contributed by atoms with E-state index in [2.05, 4.69) is 12.2 Å². The van der Waals surface area contributed by atoms with Gasteiger partial charge in [-0.3, -0.25) is 0 Å². The average Bonchev–Trinajstić information content (AvgIpc) is 3.75. The minimum atomic E-state index is -1.85. The van der Waals surface area contributed by atoms with Gasteiger partial charge in [0.15, 0.2) is 6.17 Å². The standard InChI is InChI=1S/C23H19F3.2C5H5.2Fe/c1-12-21(24)19-17-10-16(14-8-4-5-9-14)18(20(19)23(26)22(12)25)11-15(17)13-6-2-3-7-13;2*1-2-4-5-3-1;;/h2-11,17-20,22-23H,1H3;2*1-5H;;/t17?,18-,19?,20?,22?,23?;;;;/m0..../s1. The first-order valence-corrected chi connectivity index (χ1v) is 12.4. The molecule has 4 radical (unpaired) electrons. The molecule has 5 heteroatoms. The molecule has 0 fully saturated rings. The fourth-order valence-corrected chi connectivity index (χ4v) is 5.77. The van der Waals surface area contributed by atoms with Crippen molar-refractivity contribution in [1.29, 1.82) is 0 Å². The molecule has 0 spiro atoms. The summed E-state index contributed by atoms with van der Waals surface area (Å²) in [4.78, 5) is 0. The Morgan fingerprint density at radius 1 is 0.605 bits per heavy atom. The van der Waals surface area contributed by atoms with Gasteiger partial charge in [-0.2, -0.15) is 0 Å². The van der Waals surface area contributed by atoms with Crippen LogP contribution in [0.1, 0.15) is 6.92 Å². The summed E-state index contributed by atoms with van der Waals surface area (Å²) in [6.07, 6.45) is 36.4. The summed E-state index contributed by atoms with van der Waals surface area (Å²) in [6, 6.07) is 0. The second-order valence-corrected chi connectivity index (χ2v) is 9.55. The Bertz CT molecular complexity index is 1180. The number of hydrogen-bond donors (Lipinski definition) is 0. The van der Waals surface area contributed by atoms with Crippen LogP contribution in [0.2, 0.25) is 0 Å². The molecule has 8 aliphatic carbocycles. The summed E-state index contributed by atoms with van der Waals surface area (Å²) in [6.45, 7) is 1.39. The summed E-state index contributed by atoms with van der Waals surface area (Å²) >= 11 is 0. The molecule has 0 aliphatic heterocycles. The first-order valence-electron chi connectivity index (χ1n) is 12.4. The van der Waals surface area contributed by atoms with Crippen LogP contribution in [0.25, 0.3) is 0 Å². The molecule has 5 unspecified atom stereocenters. The average molecular weight is 594 g/mol. The maximum atomic E-state index is 15.1. The van der Waals surface area contributed by atoms with E-state index in [9.17, 15) is 4.39 Å². The fourth-order valence-electron chi connectivity index (χ4n) is 5.77. The predicted octanol–water partition coefficient (Wildman–Crippen LogP) is 8.29. The normalized spacial score (nSPS) is 32.3. The Hall–Kier alpha value is -2.03. The molecule has 0 aromatic heterocycles. The second kappa shape index (κ2) is 13.9. The summed E-state index contributed by atoms with van der Waals surface area (Å²) in [7, 11) is 0. The summed E-state index contributed by atoms with van der Waals surface area (Å²) in [5.74, 6) is -2.34. The number of allylic oxidation sites excluding steroid dienone is 22. The number of rotatable bonds is 2. The molecule has 0 heterocycles. The third-order valence-corrected chi connectivity index (χ3v) is 7.49. The van der Waals surface area contributed by atoms with Crippen molar-refractivity contribution in [1.82, 2.24) is 0 Å². The first-order chi connectivity index (χ1) is 17.6. The molecule has 0 amide bonds. The maximum absolute atomic E-state index is 15.1. The van der Waals surface area contributed by atoms with Gasteiger partial charge < -0.3 is 0 Å². The molecular weight excluding hydrogens is 565 g/mol. The van der Waals surface area contributed by atoms with Gasteiger partial charge in [0.2, 0.25) is 0 Å². The van der Waals surface area contributed by atoms with Crippen molar-refractivity contribution in [2.75, 3.05) is 0 Å². The van der Waals surface area contributed by atoms with Crippen LogP contribution in [0.3, 0.4) is 0 Å². The van der Waals surface area contributed by atoms with Crippen LogP contribution in [0, 0.1) is 49.4 Å². The smallest absolute Gasteiger partial charge is 0.155 e. The van der Waals surface area contributed by atoms with E-state index in [0.717, 1.165) is 22.3 Å². The van der Waals surface area contributed by atoms with Crippen molar-refractivity contribution in [3.63, 3.8) is 0 Å². The zero-order valence-electron chi connectivity index (χ0n) is 20.9. The van der Waals surface area contributed by atoms with Crippen molar-refractivity contribution >= 4 is 0 Å². The SMILES string of the molecule is CC1=C(F)C2C3C=C(C4=C[CH]C=C4)[C@H](C=C3C3=C[CH]C=C3)C2C(F)C1F.[CH]1C=CC=C1.[CH]1C=CC=C1.[Fe].[Fe]. The van der Waals surface area contributed by atoms with E-state index in [1.54, 1.807) is 0 Å². The van der Waals surface area contributed by atoms with Gasteiger partial charge in [-0.25, -0.2) is 13.2 Å². The molecule has 6 atom stereocenters. The van der Waals surface area contributed by atoms with Crippen LogP contribution in [0.5, 0.6) is 0 Å². The van der Waals surface area contributed by atoms with E-state index in [0.29, 0.717) is 0 Å². The van der Waals surface area contributed by atoms with Crippen LogP contribution in [0.15, 0.2) is 131 Å². The zero-order valence-corrected chi connectivity index (χ0v) is 23.1. The monoisotopic (exact) mass is 594 g/mol. The molecule has 198 valence electrons. The largest absolute Gasteiger partial charge is 0.244 e. The Morgan fingerprint density at radius 3 is 1.50 bits per heavy atom. The third kappa shape index (κ3) is 6.07. The van der Waals surface area contributed by atoms with Crippen molar-refractivity contribution in [2.45, 2.75) is 19.3 Å². The zero-order chi connectivity index (χ0) is 25.1. The quantitative estimate of drug-likeness (QED) is 0.283. The van der Waals surface area contributed by atoms with Crippen LogP contribution in [0.4, 0.5) is 13.2 Å². The second-order valence-electron chi connectivity index (χ2n) is 9.55. The Labute approximate surface area is 245 Å². The van der Waals surface area contributed by atoms with Gasteiger partial charge >= 0.3 is 0 Å². The molecule has 0 nitrogen and oxygen atoms in total. The molecule has 0 aromatic rings. The van der Waals surface area contributed by atoms with Gasteiger partial charge in [0.05, 0.1) is 0 Å². The maximum Gasteiger partial charge on any atom is 0.155 e. The van der Waals surface area contributed by atoms with Gasteiger partial charge in [0.25, 0.3) is 0 Å². The van der Waals surface area contributed by atoms with Crippen molar-refractivity contribution in [3.8, 4) is 0 Å². The molecule has 0 saturated heterocycles. The molecule has 8 rings (SSSR count). The van der Waals surface area contributed by atoms with Gasteiger partial charge in [-0.05, 0) is 34.8 Å². The molecular formula is C33H29F3Fe2. The van der Waals surface area contributed by atoms with Gasteiger partial charge in [-0.15, -0.1) is 0 Å². The Kier molecular flexibility index (Phi) is 11.1. The molecule has 38 heavy (non-hydrogen) atoms. The fraction of sp³-hybridized carbons (Fsp3) is 0.212. The Morgan fingerprint density at radius 2 is 1.08 bits per heavy atom. The van der Waals surface area contributed by atoms with Crippen molar-refractivity contribution in [3.05, 3.63) is 157 Å². The number of alkyl halides is 2. The minimum Gasteiger partial charge on any atom is -0.244 e. The summed E-state index contributed by atoms with van der Waals surface area (Å²) in [5, 5.41) is 0. The van der Waals surface area contributed by atoms with Gasteiger partial charge in [0.1, 0.15) is 12.0 Å². The third-order valence-electron chi connectivity index (χ3n) is 7.49. The van der Waals surface area contributed by atoms with Gasteiger partial charge in [-0.1, -0.05) is 97.2 Å². The number of hydrogen-bond acceptors (Lipinski definition) is 0. The first kappa shape index (κ1) is 30.5. The summed E-state index contributed by atoms with van der Waals surface area (Å²) < 4.78 is 44.6. The van der Waals surface area contributed by atoms with Crippen LogP contribution >= 0.6 is 0 Å². The Balaban J connectivity index is 0.000000280. The van der Waals surface area contributed by atoms with Gasteiger partial charge in [0, 0.05) is 83.5 Å².